The van der Waals surface area contributed by atoms with Gasteiger partial charge in [-0.05, 0) is 68.4 Å². The Balaban J connectivity index is 2.14. The number of hydrogen-bond donors (Lipinski definition) is 0. The number of para-hydroxylation sites is 1. The summed E-state index contributed by atoms with van der Waals surface area (Å²) in [4.78, 5) is 16.9. The molecule has 1 fully saturated rings. The van der Waals surface area contributed by atoms with Crippen molar-refractivity contribution in [3.8, 4) is 5.69 Å². The number of rotatable bonds is 2. The molecule has 1 saturated carbocycles. The summed E-state index contributed by atoms with van der Waals surface area (Å²) in [6.45, 7) is 6.08. The number of aromatic nitrogens is 2. The highest BCUT2D eigenvalue weighted by Crippen LogP contribution is 2.41. The molecule has 3 nitrogen and oxygen atoms in total. The fourth-order valence-electron chi connectivity index (χ4n) is 3.49. The fraction of sp³-hybridized carbons (Fsp3) is 0.300. The van der Waals surface area contributed by atoms with Crippen molar-refractivity contribution in [3.63, 3.8) is 0 Å². The Labute approximate surface area is 135 Å². The van der Waals surface area contributed by atoms with E-state index in [1.54, 1.807) is 4.57 Å². The van der Waals surface area contributed by atoms with Gasteiger partial charge in [0.05, 0.1) is 16.9 Å². The molecule has 23 heavy (non-hydrogen) atoms. The maximum absolute atomic E-state index is 12.7. The van der Waals surface area contributed by atoms with Crippen LogP contribution in [0.2, 0.25) is 0 Å². The third-order valence-corrected chi connectivity index (χ3v) is 4.80. The lowest BCUT2D eigenvalue weighted by Gasteiger charge is -2.16. The van der Waals surface area contributed by atoms with Crippen molar-refractivity contribution in [2.45, 2.75) is 39.5 Å². The molecule has 0 unspecified atom stereocenters. The number of fused-ring (bicyclic) bond motifs is 1. The molecule has 1 heterocycles. The highest BCUT2D eigenvalue weighted by Gasteiger charge is 2.25. The molecule has 0 radical (unpaired) electrons. The van der Waals surface area contributed by atoms with Crippen molar-refractivity contribution in [1.82, 2.24) is 9.55 Å². The molecule has 1 aliphatic rings. The van der Waals surface area contributed by atoms with E-state index < -0.39 is 0 Å². The van der Waals surface area contributed by atoms with Gasteiger partial charge in [-0.3, -0.25) is 4.57 Å². The molecular formula is C20H20N2O. The zero-order chi connectivity index (χ0) is 16.1. The number of hydrogen-bond acceptors (Lipinski definition) is 2. The Morgan fingerprint density at radius 2 is 1.78 bits per heavy atom. The van der Waals surface area contributed by atoms with Gasteiger partial charge in [0.1, 0.15) is 0 Å². The van der Waals surface area contributed by atoms with Gasteiger partial charge in [-0.15, -0.1) is 0 Å². The van der Waals surface area contributed by atoms with E-state index in [1.165, 1.54) is 24.0 Å². The van der Waals surface area contributed by atoms with E-state index in [9.17, 15) is 4.79 Å². The molecule has 0 spiro atoms. The smallest absolute Gasteiger partial charge is 0.260 e. The number of aryl methyl sites for hydroxylation is 3. The number of benzene rings is 2. The fourth-order valence-corrected chi connectivity index (χ4v) is 3.49. The van der Waals surface area contributed by atoms with Gasteiger partial charge in [-0.2, -0.15) is 4.98 Å². The van der Waals surface area contributed by atoms with Crippen LogP contribution in [0.15, 0.2) is 41.2 Å². The number of nitrogens with zero attached hydrogens (tertiary/aromatic N) is 2. The maximum atomic E-state index is 12.7. The van der Waals surface area contributed by atoms with Crippen LogP contribution in [0.1, 0.15) is 41.1 Å². The van der Waals surface area contributed by atoms with Crippen LogP contribution in [0.3, 0.4) is 0 Å². The van der Waals surface area contributed by atoms with Gasteiger partial charge in [0, 0.05) is 5.39 Å². The van der Waals surface area contributed by atoms with E-state index in [2.05, 4.69) is 24.0 Å². The highest BCUT2D eigenvalue weighted by atomic mass is 16.1. The Morgan fingerprint density at radius 3 is 2.48 bits per heavy atom. The summed E-state index contributed by atoms with van der Waals surface area (Å²) in [5.74, 6) is 0.659. The topological polar surface area (TPSA) is 34.9 Å². The van der Waals surface area contributed by atoms with E-state index >= 15 is 0 Å². The lowest BCUT2D eigenvalue weighted by Crippen LogP contribution is -2.23. The van der Waals surface area contributed by atoms with Crippen LogP contribution in [0.5, 0.6) is 0 Å². The first-order valence-corrected chi connectivity index (χ1v) is 8.16. The van der Waals surface area contributed by atoms with Gasteiger partial charge < -0.3 is 0 Å². The molecule has 0 amide bonds. The Kier molecular flexibility index (Phi) is 3.12. The van der Waals surface area contributed by atoms with E-state index in [0.29, 0.717) is 5.92 Å². The van der Waals surface area contributed by atoms with Crippen LogP contribution in [0, 0.1) is 20.8 Å². The second kappa shape index (κ2) is 5.05. The Hall–Kier alpha value is -2.42. The molecule has 1 aliphatic carbocycles. The van der Waals surface area contributed by atoms with Crippen molar-refractivity contribution in [1.29, 1.82) is 0 Å². The van der Waals surface area contributed by atoms with Crippen molar-refractivity contribution < 1.29 is 0 Å². The molecule has 3 heteroatoms. The second-order valence-corrected chi connectivity index (χ2v) is 6.61. The minimum Gasteiger partial charge on any atom is -0.260 e. The molecule has 116 valence electrons. The lowest BCUT2D eigenvalue weighted by molar-refractivity contribution is 0.928. The monoisotopic (exact) mass is 304 g/mol. The lowest BCUT2D eigenvalue weighted by atomic mass is 10.0. The quantitative estimate of drug-likeness (QED) is 0.711. The van der Waals surface area contributed by atoms with Gasteiger partial charge in [-0.25, -0.2) is 4.79 Å². The molecule has 0 atom stereocenters. The van der Waals surface area contributed by atoms with E-state index in [0.717, 1.165) is 27.8 Å². The average Bonchev–Trinajstić information content (AvgIpc) is 3.33. The van der Waals surface area contributed by atoms with Crippen LogP contribution < -0.4 is 5.69 Å². The summed E-state index contributed by atoms with van der Waals surface area (Å²) < 4.78 is 1.77. The molecule has 0 N–H and O–H groups in total. The average molecular weight is 304 g/mol. The van der Waals surface area contributed by atoms with Crippen molar-refractivity contribution in [3.05, 3.63) is 69.3 Å². The molecule has 3 aromatic rings. The van der Waals surface area contributed by atoms with Crippen molar-refractivity contribution in [2.75, 3.05) is 0 Å². The van der Waals surface area contributed by atoms with E-state index in [4.69, 9.17) is 0 Å². The van der Waals surface area contributed by atoms with Crippen LogP contribution in [-0.2, 0) is 0 Å². The molecule has 4 rings (SSSR count). The third kappa shape index (κ3) is 2.27. The predicted molar refractivity (Wildman–Crippen MR) is 93.5 cm³/mol. The summed E-state index contributed by atoms with van der Waals surface area (Å²) in [6.07, 6.45) is 2.51. The largest absolute Gasteiger partial charge is 0.352 e. The van der Waals surface area contributed by atoms with Crippen LogP contribution in [-0.4, -0.2) is 9.55 Å². The summed E-state index contributed by atoms with van der Waals surface area (Å²) in [5, 5.41) is 1.09. The van der Waals surface area contributed by atoms with Gasteiger partial charge in [-0.1, -0.05) is 24.3 Å². The summed E-state index contributed by atoms with van der Waals surface area (Å²) in [7, 11) is 0. The first kappa shape index (κ1) is 14.2. The summed E-state index contributed by atoms with van der Waals surface area (Å²) >= 11 is 0. The third-order valence-electron chi connectivity index (χ3n) is 4.80. The zero-order valence-electron chi connectivity index (χ0n) is 13.8. The highest BCUT2D eigenvalue weighted by molar-refractivity contribution is 5.87. The maximum Gasteiger partial charge on any atom is 0.352 e. The Morgan fingerprint density at radius 1 is 1.04 bits per heavy atom. The molecule has 0 saturated heterocycles. The van der Waals surface area contributed by atoms with Gasteiger partial charge in [0.2, 0.25) is 0 Å². The predicted octanol–water partition coefficient (Wildman–Crippen LogP) is 4.19. The summed E-state index contributed by atoms with van der Waals surface area (Å²) in [6, 6.07) is 12.5. The Bertz CT molecular complexity index is 981. The molecule has 2 aromatic carbocycles. The van der Waals surface area contributed by atoms with Crippen molar-refractivity contribution in [2.24, 2.45) is 0 Å². The molecular weight excluding hydrogens is 284 g/mol. The molecule has 1 aromatic heterocycles. The first-order valence-electron chi connectivity index (χ1n) is 8.16. The normalized spacial score (nSPS) is 14.4. The van der Waals surface area contributed by atoms with E-state index in [1.807, 2.05) is 38.1 Å². The SMILES string of the molecule is Cc1ccccc1-n1c(=O)nc(C)c2c(C)cc(C3CC3)cc21. The van der Waals surface area contributed by atoms with E-state index in [-0.39, 0.29) is 5.69 Å². The van der Waals surface area contributed by atoms with Gasteiger partial charge in [0.15, 0.2) is 0 Å². The summed E-state index contributed by atoms with van der Waals surface area (Å²) in [5.41, 5.74) is 6.16. The minimum absolute atomic E-state index is 0.198. The van der Waals surface area contributed by atoms with Crippen molar-refractivity contribution >= 4 is 10.9 Å². The molecule has 0 bridgehead atoms. The second-order valence-electron chi connectivity index (χ2n) is 6.61. The van der Waals surface area contributed by atoms with Gasteiger partial charge in [0.25, 0.3) is 0 Å². The first-order chi connectivity index (χ1) is 11.1. The van der Waals surface area contributed by atoms with Crippen LogP contribution in [0.4, 0.5) is 0 Å². The van der Waals surface area contributed by atoms with Gasteiger partial charge >= 0.3 is 5.69 Å². The zero-order valence-corrected chi connectivity index (χ0v) is 13.8. The molecule has 0 aliphatic heterocycles. The standard InChI is InChI=1S/C20H20N2O/c1-12-6-4-5-7-17(12)22-18-11-16(15-8-9-15)10-13(2)19(18)14(3)21-20(22)23/h4-7,10-11,15H,8-9H2,1-3H3. The van der Waals surface area contributed by atoms with Crippen LogP contribution >= 0.6 is 0 Å². The van der Waals surface area contributed by atoms with Crippen LogP contribution in [0.25, 0.3) is 16.6 Å². The minimum atomic E-state index is -0.198.